The molecule has 1 saturated heterocycles. The molecule has 1 amide bonds. The van der Waals surface area contributed by atoms with E-state index in [1.165, 1.54) is 0 Å². The van der Waals surface area contributed by atoms with Crippen molar-refractivity contribution in [3.05, 3.63) is 52.3 Å². The van der Waals surface area contributed by atoms with Crippen LogP contribution in [0.2, 0.25) is 0 Å². The van der Waals surface area contributed by atoms with E-state index in [-0.39, 0.29) is 5.91 Å². The minimum Gasteiger partial charge on any atom is -0.378 e. The molecule has 0 radical (unpaired) electrons. The highest BCUT2D eigenvalue weighted by Crippen LogP contribution is 2.30. The van der Waals surface area contributed by atoms with E-state index < -0.39 is 6.04 Å². The predicted octanol–water partition coefficient (Wildman–Crippen LogP) is 3.11. The van der Waals surface area contributed by atoms with Gasteiger partial charge in [-0.25, -0.2) is 4.68 Å². The van der Waals surface area contributed by atoms with Crippen molar-refractivity contribution in [1.29, 1.82) is 0 Å². The lowest BCUT2D eigenvalue weighted by Gasteiger charge is -2.26. The van der Waals surface area contributed by atoms with Gasteiger partial charge in [0.15, 0.2) is 11.6 Å². The Hall–Kier alpha value is -3.24. The molecule has 4 heterocycles. The van der Waals surface area contributed by atoms with Gasteiger partial charge in [-0.05, 0) is 43.5 Å². The lowest BCUT2D eigenvalue weighted by Crippen LogP contribution is -2.36. The molecule has 1 N–H and O–H groups in total. The van der Waals surface area contributed by atoms with Gasteiger partial charge >= 0.3 is 0 Å². The third-order valence-corrected chi connectivity index (χ3v) is 5.92. The maximum absolute atomic E-state index is 12.9. The normalized spacial score (nSPS) is 15.4. The molecule has 0 bridgehead atoms. The molecule has 9 nitrogen and oxygen atoms in total. The number of aryl methyl sites for hydroxylation is 1. The summed E-state index contributed by atoms with van der Waals surface area (Å²) >= 11 is 1.61. The van der Waals surface area contributed by atoms with E-state index in [4.69, 9.17) is 14.4 Å². The largest absolute Gasteiger partial charge is 0.378 e. The molecule has 3 aromatic heterocycles. The van der Waals surface area contributed by atoms with Crippen molar-refractivity contribution >= 4 is 34.0 Å². The Bertz CT molecular complexity index is 1210. The smallest absolute Gasteiger partial charge is 0.251 e. The number of anilines is 1. The van der Waals surface area contributed by atoms with Gasteiger partial charge in [-0.3, -0.25) is 4.79 Å². The van der Waals surface area contributed by atoms with Crippen molar-refractivity contribution in [2.75, 3.05) is 31.2 Å². The van der Waals surface area contributed by atoms with Crippen molar-refractivity contribution < 1.29 is 14.1 Å². The van der Waals surface area contributed by atoms with Gasteiger partial charge < -0.3 is 19.5 Å². The highest BCUT2D eigenvalue weighted by Gasteiger charge is 2.22. The summed E-state index contributed by atoms with van der Waals surface area (Å²) in [4.78, 5) is 19.3. The molecule has 10 heteroatoms. The number of hydrogen-bond donors (Lipinski definition) is 1. The van der Waals surface area contributed by atoms with Crippen LogP contribution in [-0.2, 0) is 4.74 Å². The van der Waals surface area contributed by atoms with Crippen LogP contribution in [0.1, 0.15) is 35.0 Å². The zero-order valence-corrected chi connectivity index (χ0v) is 18.1. The SMILES string of the molecule is Cc1noc([C@@H](C)NC(=O)c2ccc3c(N4CCOCC4)nn(-c4ccsc4)c3c2)n1. The Morgan fingerprint density at radius 1 is 1.26 bits per heavy atom. The summed E-state index contributed by atoms with van der Waals surface area (Å²) in [6, 6.07) is 7.30. The molecule has 160 valence electrons. The Labute approximate surface area is 182 Å². The van der Waals surface area contributed by atoms with Gasteiger partial charge in [0.2, 0.25) is 5.89 Å². The van der Waals surface area contributed by atoms with Crippen molar-refractivity contribution in [2.24, 2.45) is 0 Å². The van der Waals surface area contributed by atoms with E-state index in [0.717, 1.165) is 35.5 Å². The van der Waals surface area contributed by atoms with Crippen LogP contribution >= 0.6 is 11.3 Å². The average molecular weight is 439 g/mol. The molecule has 1 fully saturated rings. The third-order valence-electron chi connectivity index (χ3n) is 5.25. The van der Waals surface area contributed by atoms with Crippen molar-refractivity contribution in [3.63, 3.8) is 0 Å². The number of benzene rings is 1. The van der Waals surface area contributed by atoms with Crippen molar-refractivity contribution in [1.82, 2.24) is 25.2 Å². The van der Waals surface area contributed by atoms with Crippen LogP contribution in [-0.4, -0.2) is 52.1 Å². The number of rotatable bonds is 5. The van der Waals surface area contributed by atoms with Crippen LogP contribution in [0.3, 0.4) is 0 Å². The predicted molar refractivity (Wildman–Crippen MR) is 117 cm³/mol. The van der Waals surface area contributed by atoms with E-state index in [1.54, 1.807) is 18.3 Å². The molecule has 0 spiro atoms. The topological polar surface area (TPSA) is 98.3 Å². The van der Waals surface area contributed by atoms with Crippen LogP contribution in [0.4, 0.5) is 5.82 Å². The monoisotopic (exact) mass is 438 g/mol. The summed E-state index contributed by atoms with van der Waals surface area (Å²) in [6.07, 6.45) is 0. The molecule has 1 aliphatic heterocycles. The highest BCUT2D eigenvalue weighted by molar-refractivity contribution is 7.08. The van der Waals surface area contributed by atoms with Crippen molar-refractivity contribution in [3.8, 4) is 5.69 Å². The molecule has 1 aliphatic rings. The molecule has 5 rings (SSSR count). The number of aromatic nitrogens is 4. The number of hydrogen-bond acceptors (Lipinski definition) is 8. The fraction of sp³-hybridized carbons (Fsp3) is 0.333. The number of fused-ring (bicyclic) bond motifs is 1. The summed E-state index contributed by atoms with van der Waals surface area (Å²) in [5.74, 6) is 1.61. The molecule has 1 aromatic carbocycles. The Morgan fingerprint density at radius 3 is 2.81 bits per heavy atom. The fourth-order valence-electron chi connectivity index (χ4n) is 3.65. The zero-order valence-electron chi connectivity index (χ0n) is 17.2. The highest BCUT2D eigenvalue weighted by atomic mass is 32.1. The van der Waals surface area contributed by atoms with E-state index in [1.807, 2.05) is 46.6 Å². The molecule has 31 heavy (non-hydrogen) atoms. The summed E-state index contributed by atoms with van der Waals surface area (Å²) in [5, 5.41) is 16.7. The number of nitrogens with zero attached hydrogens (tertiary/aromatic N) is 5. The van der Waals surface area contributed by atoms with E-state index in [2.05, 4.69) is 20.4 Å². The number of thiophene rings is 1. The quantitative estimate of drug-likeness (QED) is 0.511. The van der Waals surface area contributed by atoms with Crippen LogP contribution in [0.5, 0.6) is 0 Å². The van der Waals surface area contributed by atoms with Crippen molar-refractivity contribution in [2.45, 2.75) is 19.9 Å². The van der Waals surface area contributed by atoms with Crippen LogP contribution in [0.15, 0.2) is 39.5 Å². The number of carbonyl (C=O) groups excluding carboxylic acids is 1. The molecule has 4 aromatic rings. The lowest BCUT2D eigenvalue weighted by molar-refractivity contribution is 0.0932. The van der Waals surface area contributed by atoms with Gasteiger partial charge in [0.05, 0.1) is 24.4 Å². The first-order valence-corrected chi connectivity index (χ1v) is 11.0. The van der Waals surface area contributed by atoms with E-state index >= 15 is 0 Å². The second-order valence-corrected chi connectivity index (χ2v) is 8.20. The molecule has 0 aliphatic carbocycles. The van der Waals surface area contributed by atoms with Gasteiger partial charge in [-0.2, -0.15) is 16.3 Å². The van der Waals surface area contributed by atoms with Gasteiger partial charge in [0.25, 0.3) is 5.91 Å². The Morgan fingerprint density at radius 2 is 2.10 bits per heavy atom. The first kappa shape index (κ1) is 19.7. The minimum atomic E-state index is -0.393. The number of amides is 1. The summed E-state index contributed by atoms with van der Waals surface area (Å²) < 4.78 is 12.6. The van der Waals surface area contributed by atoms with Crippen LogP contribution < -0.4 is 10.2 Å². The fourth-order valence-corrected chi connectivity index (χ4v) is 4.27. The standard InChI is InChI=1S/C21H22N6O3S/c1-13(21-23-14(2)25-30-21)22-20(28)15-3-4-17-18(11-15)27(16-5-10-31-12-16)24-19(17)26-6-8-29-9-7-26/h3-5,10-13H,6-9H2,1-2H3,(H,22,28)/t13-/m1/s1. The summed E-state index contributed by atoms with van der Waals surface area (Å²) in [5.41, 5.74) is 2.40. The molecule has 1 atom stereocenters. The Balaban J connectivity index is 1.50. The molecule has 0 unspecified atom stereocenters. The number of ether oxygens (including phenoxy) is 1. The van der Waals surface area contributed by atoms with Crippen LogP contribution in [0.25, 0.3) is 16.6 Å². The van der Waals surface area contributed by atoms with E-state index in [9.17, 15) is 4.79 Å². The van der Waals surface area contributed by atoms with Gasteiger partial charge in [0.1, 0.15) is 6.04 Å². The summed E-state index contributed by atoms with van der Waals surface area (Å²) in [6.45, 7) is 6.50. The summed E-state index contributed by atoms with van der Waals surface area (Å²) in [7, 11) is 0. The second-order valence-electron chi connectivity index (χ2n) is 7.42. The molecular weight excluding hydrogens is 416 g/mol. The minimum absolute atomic E-state index is 0.212. The molecular formula is C21H22N6O3S. The van der Waals surface area contributed by atoms with Gasteiger partial charge in [0, 0.05) is 29.4 Å². The Kier molecular flexibility index (Phi) is 5.16. The van der Waals surface area contributed by atoms with Gasteiger partial charge in [-0.15, -0.1) is 5.10 Å². The maximum atomic E-state index is 12.9. The third kappa shape index (κ3) is 3.79. The number of carbonyl (C=O) groups is 1. The zero-order chi connectivity index (χ0) is 21.4. The first-order valence-electron chi connectivity index (χ1n) is 10.1. The maximum Gasteiger partial charge on any atom is 0.251 e. The second kappa shape index (κ2) is 8.12. The molecule has 0 saturated carbocycles. The van der Waals surface area contributed by atoms with E-state index in [0.29, 0.717) is 30.5 Å². The number of nitrogens with one attached hydrogen (secondary N) is 1. The lowest BCUT2D eigenvalue weighted by atomic mass is 10.1. The first-order chi connectivity index (χ1) is 15.1. The average Bonchev–Trinajstić information content (AvgIpc) is 3.53. The van der Waals surface area contributed by atoms with Gasteiger partial charge in [-0.1, -0.05) is 5.16 Å². The van der Waals surface area contributed by atoms with Crippen LogP contribution in [0, 0.1) is 6.92 Å². The number of morpholine rings is 1.